The van der Waals surface area contributed by atoms with E-state index in [9.17, 15) is 9.90 Å². The van der Waals surface area contributed by atoms with Crippen molar-refractivity contribution in [3.8, 4) is 5.69 Å². The molecule has 5 heteroatoms. The highest BCUT2D eigenvalue weighted by atomic mass is 16.3. The number of amides is 1. The molecule has 0 aliphatic carbocycles. The molecule has 0 aliphatic rings. The second kappa shape index (κ2) is 7.22. The van der Waals surface area contributed by atoms with Crippen LogP contribution in [0.5, 0.6) is 0 Å². The third-order valence-corrected chi connectivity index (χ3v) is 3.62. The van der Waals surface area contributed by atoms with Gasteiger partial charge < -0.3 is 10.4 Å². The minimum Gasteiger partial charge on any atom is -0.393 e. The van der Waals surface area contributed by atoms with E-state index < -0.39 is 6.10 Å². The fourth-order valence-electron chi connectivity index (χ4n) is 2.17. The number of aromatic nitrogens is 2. The summed E-state index contributed by atoms with van der Waals surface area (Å²) in [5.41, 5.74) is 2.22. The van der Waals surface area contributed by atoms with Gasteiger partial charge in [0, 0.05) is 12.2 Å². The summed E-state index contributed by atoms with van der Waals surface area (Å²) in [6, 6.07) is 11.5. The van der Waals surface area contributed by atoms with Crippen LogP contribution in [0, 0.1) is 12.8 Å². The molecule has 1 unspecified atom stereocenters. The molecule has 1 heterocycles. The van der Waals surface area contributed by atoms with E-state index in [1.165, 1.54) is 0 Å². The second-order valence-electron chi connectivity index (χ2n) is 5.77. The van der Waals surface area contributed by atoms with Crippen LogP contribution in [-0.4, -0.2) is 33.4 Å². The summed E-state index contributed by atoms with van der Waals surface area (Å²) in [5, 5.41) is 16.9. The number of nitrogens with one attached hydrogen (secondary N) is 1. The summed E-state index contributed by atoms with van der Waals surface area (Å²) >= 11 is 0. The first-order valence-electron chi connectivity index (χ1n) is 7.57. The van der Waals surface area contributed by atoms with E-state index in [4.69, 9.17) is 0 Å². The fourth-order valence-corrected chi connectivity index (χ4v) is 2.17. The topological polar surface area (TPSA) is 67.2 Å². The lowest BCUT2D eigenvalue weighted by molar-refractivity contribution is 0.0915. The molecule has 0 aliphatic heterocycles. The van der Waals surface area contributed by atoms with Crippen LogP contribution in [0.3, 0.4) is 0 Å². The monoisotopic (exact) mass is 301 g/mol. The first-order valence-corrected chi connectivity index (χ1v) is 7.57. The van der Waals surface area contributed by atoms with Crippen LogP contribution in [0.25, 0.3) is 5.69 Å². The first-order chi connectivity index (χ1) is 10.5. The van der Waals surface area contributed by atoms with E-state index in [0.717, 1.165) is 11.4 Å². The Morgan fingerprint density at radius 2 is 2.00 bits per heavy atom. The number of aryl methyl sites for hydroxylation is 1. The number of aliphatic hydroxyl groups is 1. The largest absolute Gasteiger partial charge is 0.393 e. The summed E-state index contributed by atoms with van der Waals surface area (Å²) in [5.74, 6) is -0.0230. The third kappa shape index (κ3) is 3.95. The molecule has 5 nitrogen and oxygen atoms in total. The van der Waals surface area contributed by atoms with Gasteiger partial charge in [-0.25, -0.2) is 4.68 Å². The molecule has 2 aromatic rings. The number of carbonyl (C=O) groups is 1. The molecule has 1 atom stereocenters. The SMILES string of the molecule is Cc1cc(C(=O)NCCC(O)C(C)C)nn1-c1ccccc1. The molecule has 1 aromatic heterocycles. The Morgan fingerprint density at radius 3 is 2.64 bits per heavy atom. The molecule has 0 spiro atoms. The second-order valence-corrected chi connectivity index (χ2v) is 5.77. The Morgan fingerprint density at radius 1 is 1.32 bits per heavy atom. The van der Waals surface area contributed by atoms with Crippen LogP contribution in [0.4, 0.5) is 0 Å². The van der Waals surface area contributed by atoms with Gasteiger partial charge in [0.25, 0.3) is 5.91 Å². The van der Waals surface area contributed by atoms with Crippen molar-refractivity contribution in [1.82, 2.24) is 15.1 Å². The summed E-state index contributed by atoms with van der Waals surface area (Å²) in [6.07, 6.45) is 0.144. The van der Waals surface area contributed by atoms with Crippen molar-refractivity contribution in [3.05, 3.63) is 47.8 Å². The van der Waals surface area contributed by atoms with Crippen molar-refractivity contribution < 1.29 is 9.90 Å². The van der Waals surface area contributed by atoms with Crippen molar-refractivity contribution in [2.75, 3.05) is 6.54 Å². The lowest BCUT2D eigenvalue weighted by Crippen LogP contribution is -2.29. The van der Waals surface area contributed by atoms with Crippen molar-refractivity contribution in [3.63, 3.8) is 0 Å². The van der Waals surface area contributed by atoms with E-state index in [0.29, 0.717) is 18.7 Å². The molecule has 1 amide bonds. The molecular formula is C17H23N3O2. The maximum Gasteiger partial charge on any atom is 0.271 e. The lowest BCUT2D eigenvalue weighted by Gasteiger charge is -2.14. The highest BCUT2D eigenvalue weighted by molar-refractivity contribution is 5.92. The lowest BCUT2D eigenvalue weighted by atomic mass is 10.0. The normalized spacial score (nSPS) is 12.4. The predicted molar refractivity (Wildman–Crippen MR) is 86.1 cm³/mol. The molecule has 22 heavy (non-hydrogen) atoms. The quantitative estimate of drug-likeness (QED) is 0.860. The van der Waals surface area contributed by atoms with Crippen LogP contribution < -0.4 is 5.32 Å². The molecule has 0 fully saturated rings. The van der Waals surface area contributed by atoms with Crippen LogP contribution in [0.2, 0.25) is 0 Å². The third-order valence-electron chi connectivity index (χ3n) is 3.62. The zero-order chi connectivity index (χ0) is 16.1. The molecular weight excluding hydrogens is 278 g/mol. The van der Waals surface area contributed by atoms with Crippen LogP contribution in [-0.2, 0) is 0 Å². The maximum atomic E-state index is 12.1. The van der Waals surface area contributed by atoms with Gasteiger partial charge in [0.2, 0.25) is 0 Å². The average Bonchev–Trinajstić information content (AvgIpc) is 2.90. The van der Waals surface area contributed by atoms with Gasteiger partial charge in [-0.2, -0.15) is 5.10 Å². The van der Waals surface area contributed by atoms with Crippen molar-refractivity contribution in [2.24, 2.45) is 5.92 Å². The summed E-state index contributed by atoms with van der Waals surface area (Å²) < 4.78 is 1.75. The average molecular weight is 301 g/mol. The van der Waals surface area contributed by atoms with E-state index in [-0.39, 0.29) is 11.8 Å². The van der Waals surface area contributed by atoms with E-state index in [2.05, 4.69) is 10.4 Å². The highest BCUT2D eigenvalue weighted by Crippen LogP contribution is 2.12. The van der Waals surface area contributed by atoms with Gasteiger partial charge in [-0.05, 0) is 37.5 Å². The zero-order valence-corrected chi connectivity index (χ0v) is 13.3. The van der Waals surface area contributed by atoms with Gasteiger partial charge in [-0.1, -0.05) is 32.0 Å². The Hall–Kier alpha value is -2.14. The Labute approximate surface area is 131 Å². The summed E-state index contributed by atoms with van der Waals surface area (Å²) in [4.78, 5) is 12.1. The van der Waals surface area contributed by atoms with Crippen LogP contribution >= 0.6 is 0 Å². The van der Waals surface area contributed by atoms with Gasteiger partial charge >= 0.3 is 0 Å². The van der Waals surface area contributed by atoms with Gasteiger partial charge in [0.1, 0.15) is 0 Å². The molecule has 0 saturated carbocycles. The molecule has 0 radical (unpaired) electrons. The van der Waals surface area contributed by atoms with Crippen molar-refractivity contribution in [2.45, 2.75) is 33.3 Å². The molecule has 0 saturated heterocycles. The molecule has 0 bridgehead atoms. The number of rotatable bonds is 6. The van der Waals surface area contributed by atoms with E-state index in [1.54, 1.807) is 10.7 Å². The smallest absolute Gasteiger partial charge is 0.271 e. The molecule has 2 rings (SSSR count). The summed E-state index contributed by atoms with van der Waals surface area (Å²) in [7, 11) is 0. The number of carbonyl (C=O) groups excluding carboxylic acids is 1. The van der Waals surface area contributed by atoms with Gasteiger partial charge in [-0.15, -0.1) is 0 Å². The van der Waals surface area contributed by atoms with E-state index in [1.807, 2.05) is 51.1 Å². The minimum atomic E-state index is -0.399. The van der Waals surface area contributed by atoms with Gasteiger partial charge in [0.15, 0.2) is 5.69 Å². The Balaban J connectivity index is 2.00. The number of para-hydroxylation sites is 1. The highest BCUT2D eigenvalue weighted by Gasteiger charge is 2.14. The number of aliphatic hydroxyl groups excluding tert-OH is 1. The Bertz CT molecular complexity index is 620. The van der Waals surface area contributed by atoms with Gasteiger partial charge in [-0.3, -0.25) is 4.79 Å². The Kier molecular flexibility index (Phi) is 5.33. The van der Waals surface area contributed by atoms with E-state index >= 15 is 0 Å². The molecule has 118 valence electrons. The summed E-state index contributed by atoms with van der Waals surface area (Å²) in [6.45, 7) is 6.27. The van der Waals surface area contributed by atoms with Crippen molar-refractivity contribution >= 4 is 5.91 Å². The standard InChI is InChI=1S/C17H23N3O2/c1-12(2)16(21)9-10-18-17(22)15-11-13(3)20(19-15)14-7-5-4-6-8-14/h4-8,11-12,16,21H,9-10H2,1-3H3,(H,18,22). The number of nitrogens with zero attached hydrogens (tertiary/aromatic N) is 2. The molecule has 2 N–H and O–H groups in total. The zero-order valence-electron chi connectivity index (χ0n) is 13.3. The van der Waals surface area contributed by atoms with Crippen LogP contribution in [0.15, 0.2) is 36.4 Å². The number of benzene rings is 1. The minimum absolute atomic E-state index is 0.191. The number of hydrogen-bond donors (Lipinski definition) is 2. The predicted octanol–water partition coefficient (Wildman–Crippen LogP) is 2.32. The first kappa shape index (κ1) is 16.2. The fraction of sp³-hybridized carbons (Fsp3) is 0.412. The van der Waals surface area contributed by atoms with Gasteiger partial charge in [0.05, 0.1) is 11.8 Å². The molecule has 1 aromatic carbocycles. The van der Waals surface area contributed by atoms with Crippen LogP contribution in [0.1, 0.15) is 36.5 Å². The number of hydrogen-bond acceptors (Lipinski definition) is 3. The maximum absolute atomic E-state index is 12.1. The van der Waals surface area contributed by atoms with Crippen molar-refractivity contribution in [1.29, 1.82) is 0 Å².